The van der Waals surface area contributed by atoms with Crippen LogP contribution < -0.4 is 0 Å². The number of para-hydroxylation sites is 1. The standard InChI is InChI=1S/C57H36N4/c1-3-15-37(16-4-1)55-58-56(38-17-5-2-6-18-38)60-57(59-55)43-21-13-19-39(33-43)42-30-32-54-52(36-42)50-27-11-12-28-53(50)61(54)44-22-14-20-40(34-44)41-29-31-49-47-25-8-7-23-45(47)46-24-9-10-26-48(46)51(49)35-41/h1-36H. The summed E-state index contributed by atoms with van der Waals surface area (Å²) in [5.41, 5.74) is 10.9. The minimum absolute atomic E-state index is 0.639. The first kappa shape index (κ1) is 34.8. The lowest BCUT2D eigenvalue weighted by Gasteiger charge is -2.13. The van der Waals surface area contributed by atoms with Crippen LogP contribution in [0.4, 0.5) is 0 Å². The van der Waals surface area contributed by atoms with Gasteiger partial charge in [-0.2, -0.15) is 0 Å². The third-order valence-corrected chi connectivity index (χ3v) is 12.0. The highest BCUT2D eigenvalue weighted by Crippen LogP contribution is 2.39. The summed E-state index contributed by atoms with van der Waals surface area (Å²) >= 11 is 0. The zero-order chi connectivity index (χ0) is 40.3. The van der Waals surface area contributed by atoms with Crippen LogP contribution >= 0.6 is 0 Å². The van der Waals surface area contributed by atoms with Crippen molar-refractivity contribution in [3.63, 3.8) is 0 Å². The maximum atomic E-state index is 5.01. The molecular formula is C57H36N4. The molecule has 0 aliphatic heterocycles. The van der Waals surface area contributed by atoms with Crippen LogP contribution in [-0.2, 0) is 0 Å². The Kier molecular flexibility index (Phi) is 8.13. The van der Waals surface area contributed by atoms with E-state index in [-0.39, 0.29) is 0 Å². The molecule has 4 nitrogen and oxygen atoms in total. The second-order valence-corrected chi connectivity index (χ2v) is 15.6. The molecule has 0 N–H and O–H groups in total. The van der Waals surface area contributed by atoms with Crippen molar-refractivity contribution in [2.75, 3.05) is 0 Å². The molecule has 12 rings (SSSR count). The molecule has 0 fully saturated rings. The van der Waals surface area contributed by atoms with Crippen LogP contribution in [0.1, 0.15) is 0 Å². The van der Waals surface area contributed by atoms with Crippen LogP contribution in [0.2, 0.25) is 0 Å². The summed E-state index contributed by atoms with van der Waals surface area (Å²) in [4.78, 5) is 14.9. The highest BCUT2D eigenvalue weighted by Gasteiger charge is 2.17. The van der Waals surface area contributed by atoms with E-state index in [4.69, 9.17) is 15.0 Å². The van der Waals surface area contributed by atoms with E-state index in [9.17, 15) is 0 Å². The topological polar surface area (TPSA) is 43.6 Å². The summed E-state index contributed by atoms with van der Waals surface area (Å²) in [6, 6.07) is 77.8. The molecule has 0 saturated carbocycles. The molecule has 284 valence electrons. The van der Waals surface area contributed by atoms with Gasteiger partial charge in [-0.05, 0) is 97.0 Å². The number of aromatic nitrogens is 4. The fourth-order valence-corrected chi connectivity index (χ4v) is 9.12. The Labute approximate surface area is 352 Å². The predicted octanol–water partition coefficient (Wildman–Crippen LogP) is 14.8. The van der Waals surface area contributed by atoms with E-state index < -0.39 is 0 Å². The number of fused-ring (bicyclic) bond motifs is 9. The quantitative estimate of drug-likeness (QED) is 0.158. The Hall–Kier alpha value is -8.21. The van der Waals surface area contributed by atoms with E-state index in [1.807, 2.05) is 60.7 Å². The number of hydrogen-bond acceptors (Lipinski definition) is 3. The molecule has 0 aliphatic rings. The molecule has 0 amide bonds. The average Bonchev–Trinajstić information content (AvgIpc) is 3.68. The second kappa shape index (κ2) is 14.3. The van der Waals surface area contributed by atoms with Gasteiger partial charge in [0.25, 0.3) is 0 Å². The molecule has 12 aromatic rings. The van der Waals surface area contributed by atoms with Gasteiger partial charge in [0.1, 0.15) is 0 Å². The van der Waals surface area contributed by atoms with Crippen molar-refractivity contribution in [2.45, 2.75) is 0 Å². The third-order valence-electron chi connectivity index (χ3n) is 12.0. The molecule has 0 spiro atoms. The fourth-order valence-electron chi connectivity index (χ4n) is 9.12. The third kappa shape index (κ3) is 5.96. The lowest BCUT2D eigenvalue weighted by Crippen LogP contribution is -2.00. The first-order valence-electron chi connectivity index (χ1n) is 20.7. The zero-order valence-electron chi connectivity index (χ0n) is 33.1. The van der Waals surface area contributed by atoms with E-state index in [2.05, 4.69) is 162 Å². The van der Waals surface area contributed by atoms with Gasteiger partial charge in [-0.15, -0.1) is 0 Å². The normalized spacial score (nSPS) is 11.6. The SMILES string of the molecule is c1ccc(-c2nc(-c3ccccc3)nc(-c3cccc(-c4ccc5c(c4)c4ccccc4n5-c4cccc(-c5ccc6c7ccccc7c7ccccc7c6c5)c4)c3)n2)cc1. The lowest BCUT2D eigenvalue weighted by atomic mass is 9.92. The van der Waals surface area contributed by atoms with Gasteiger partial charge in [0.2, 0.25) is 0 Å². The molecule has 61 heavy (non-hydrogen) atoms. The van der Waals surface area contributed by atoms with Gasteiger partial charge >= 0.3 is 0 Å². The van der Waals surface area contributed by atoms with Crippen molar-refractivity contribution in [1.82, 2.24) is 19.5 Å². The number of rotatable bonds is 6. The summed E-state index contributed by atoms with van der Waals surface area (Å²) in [7, 11) is 0. The molecule has 0 unspecified atom stereocenters. The summed E-state index contributed by atoms with van der Waals surface area (Å²) in [5.74, 6) is 1.94. The Morgan fingerprint density at radius 1 is 0.230 bits per heavy atom. The molecule has 2 heterocycles. The number of benzene rings is 10. The molecule has 0 saturated heterocycles. The monoisotopic (exact) mass is 776 g/mol. The van der Waals surface area contributed by atoms with Crippen LogP contribution in [0, 0.1) is 0 Å². The molecule has 10 aromatic carbocycles. The van der Waals surface area contributed by atoms with Gasteiger partial charge in [-0.25, -0.2) is 15.0 Å². The lowest BCUT2D eigenvalue weighted by molar-refractivity contribution is 1.07. The fraction of sp³-hybridized carbons (Fsp3) is 0. The maximum Gasteiger partial charge on any atom is 0.164 e. The van der Waals surface area contributed by atoms with E-state index in [0.717, 1.165) is 39.0 Å². The molecular weight excluding hydrogens is 741 g/mol. The van der Waals surface area contributed by atoms with Crippen molar-refractivity contribution in [3.8, 4) is 62.1 Å². The Bertz CT molecular complexity index is 3550. The highest BCUT2D eigenvalue weighted by molar-refractivity contribution is 6.25. The van der Waals surface area contributed by atoms with Gasteiger partial charge in [0.05, 0.1) is 11.0 Å². The first-order valence-corrected chi connectivity index (χ1v) is 20.7. The zero-order valence-corrected chi connectivity index (χ0v) is 33.1. The van der Waals surface area contributed by atoms with Crippen LogP contribution in [0.15, 0.2) is 218 Å². The Morgan fingerprint density at radius 2 is 0.639 bits per heavy atom. The van der Waals surface area contributed by atoms with Crippen LogP contribution in [0.3, 0.4) is 0 Å². The van der Waals surface area contributed by atoms with Gasteiger partial charge < -0.3 is 4.57 Å². The van der Waals surface area contributed by atoms with E-state index >= 15 is 0 Å². The smallest absolute Gasteiger partial charge is 0.164 e. The van der Waals surface area contributed by atoms with Crippen molar-refractivity contribution >= 4 is 54.1 Å². The van der Waals surface area contributed by atoms with Gasteiger partial charge in [-0.1, -0.05) is 176 Å². The van der Waals surface area contributed by atoms with Crippen LogP contribution in [0.25, 0.3) is 116 Å². The first-order chi connectivity index (χ1) is 30.2. The molecule has 0 radical (unpaired) electrons. The minimum atomic E-state index is 0.639. The summed E-state index contributed by atoms with van der Waals surface area (Å²) in [5, 5.41) is 10.1. The van der Waals surface area contributed by atoms with Gasteiger partial charge in [0.15, 0.2) is 17.5 Å². The maximum absolute atomic E-state index is 5.01. The van der Waals surface area contributed by atoms with Gasteiger partial charge in [0, 0.05) is 33.2 Å². The molecule has 2 aromatic heterocycles. The molecule has 0 aliphatic carbocycles. The van der Waals surface area contributed by atoms with Crippen LogP contribution in [0.5, 0.6) is 0 Å². The average molecular weight is 777 g/mol. The predicted molar refractivity (Wildman–Crippen MR) is 254 cm³/mol. The largest absolute Gasteiger partial charge is 0.309 e. The van der Waals surface area contributed by atoms with Crippen molar-refractivity contribution < 1.29 is 0 Å². The summed E-state index contributed by atoms with van der Waals surface area (Å²) < 4.78 is 2.40. The van der Waals surface area contributed by atoms with Gasteiger partial charge in [-0.3, -0.25) is 0 Å². The van der Waals surface area contributed by atoms with Crippen LogP contribution in [-0.4, -0.2) is 19.5 Å². The van der Waals surface area contributed by atoms with Crippen molar-refractivity contribution in [1.29, 1.82) is 0 Å². The van der Waals surface area contributed by atoms with Crippen molar-refractivity contribution in [3.05, 3.63) is 218 Å². The number of hydrogen-bond donors (Lipinski definition) is 0. The second-order valence-electron chi connectivity index (χ2n) is 15.6. The highest BCUT2D eigenvalue weighted by atomic mass is 15.0. The molecule has 4 heteroatoms. The Morgan fingerprint density at radius 3 is 1.28 bits per heavy atom. The summed E-state index contributed by atoms with van der Waals surface area (Å²) in [6.45, 7) is 0. The molecule has 0 atom stereocenters. The Balaban J connectivity index is 0.957. The van der Waals surface area contributed by atoms with Crippen molar-refractivity contribution in [2.24, 2.45) is 0 Å². The van der Waals surface area contributed by atoms with E-state index in [0.29, 0.717) is 17.5 Å². The van der Waals surface area contributed by atoms with E-state index in [1.165, 1.54) is 59.7 Å². The van der Waals surface area contributed by atoms with E-state index in [1.54, 1.807) is 0 Å². The summed E-state index contributed by atoms with van der Waals surface area (Å²) in [6.07, 6.45) is 0. The number of nitrogens with zero attached hydrogens (tertiary/aromatic N) is 4. The minimum Gasteiger partial charge on any atom is -0.309 e. The molecule has 0 bridgehead atoms.